The third-order valence-electron chi connectivity index (χ3n) is 2.64. The van der Waals surface area contributed by atoms with Gasteiger partial charge in [-0.3, -0.25) is 14.9 Å². The van der Waals surface area contributed by atoms with Crippen molar-refractivity contribution >= 4 is 17.3 Å². The average molecular weight is 295 g/mol. The number of nitro groups is 1. The predicted molar refractivity (Wildman–Crippen MR) is 80.7 cm³/mol. The van der Waals surface area contributed by atoms with Crippen LogP contribution in [-0.4, -0.2) is 30.5 Å². The molecule has 0 aliphatic carbocycles. The van der Waals surface area contributed by atoms with Gasteiger partial charge in [0.1, 0.15) is 0 Å². The van der Waals surface area contributed by atoms with Gasteiger partial charge in [-0.1, -0.05) is 13.8 Å². The lowest BCUT2D eigenvalue weighted by Gasteiger charge is -2.10. The molecule has 1 rings (SSSR count). The molecule has 1 aromatic carbocycles. The number of hydrogen-bond acceptors (Lipinski definition) is 5. The number of rotatable bonds is 9. The highest BCUT2D eigenvalue weighted by molar-refractivity contribution is 5.80. The first kappa shape index (κ1) is 16.7. The van der Waals surface area contributed by atoms with E-state index in [0.717, 1.165) is 12.8 Å². The van der Waals surface area contributed by atoms with Crippen LogP contribution in [0.4, 0.5) is 11.4 Å². The Kier molecular flexibility index (Phi) is 7.00. The van der Waals surface area contributed by atoms with E-state index in [1.165, 1.54) is 6.07 Å². The number of carbonyl (C=O) groups is 1. The summed E-state index contributed by atoms with van der Waals surface area (Å²) in [5.74, 6) is 0.0899. The van der Waals surface area contributed by atoms with E-state index in [1.54, 1.807) is 12.1 Å². The van der Waals surface area contributed by atoms with Crippen molar-refractivity contribution in [3.63, 3.8) is 0 Å². The number of nitrogens with one attached hydrogen (secondary N) is 2. The van der Waals surface area contributed by atoms with Crippen LogP contribution >= 0.6 is 0 Å². The van der Waals surface area contributed by atoms with Gasteiger partial charge in [-0.2, -0.15) is 0 Å². The molecule has 0 spiro atoms. The minimum absolute atomic E-state index is 0.0792. The minimum atomic E-state index is -0.483. The van der Waals surface area contributed by atoms with Crippen LogP contribution in [0.15, 0.2) is 18.2 Å². The van der Waals surface area contributed by atoms with Crippen molar-refractivity contribution in [3.05, 3.63) is 28.3 Å². The van der Waals surface area contributed by atoms with Gasteiger partial charge in [-0.05, 0) is 18.9 Å². The Morgan fingerprint density at radius 2 is 2.10 bits per heavy atom. The molecule has 0 fully saturated rings. The lowest BCUT2D eigenvalue weighted by molar-refractivity contribution is -0.385. The van der Waals surface area contributed by atoms with Crippen LogP contribution in [0.5, 0.6) is 5.75 Å². The molecule has 0 bridgehead atoms. The highest BCUT2D eigenvalue weighted by Gasteiger charge is 2.15. The highest BCUT2D eigenvalue weighted by Crippen LogP contribution is 2.30. The van der Waals surface area contributed by atoms with Crippen molar-refractivity contribution < 1.29 is 14.5 Å². The molecule has 7 nitrogen and oxygen atoms in total. The van der Waals surface area contributed by atoms with Gasteiger partial charge in [0.15, 0.2) is 5.75 Å². The van der Waals surface area contributed by atoms with E-state index in [4.69, 9.17) is 4.74 Å². The third-order valence-corrected chi connectivity index (χ3v) is 2.64. The first-order valence-corrected chi connectivity index (χ1v) is 7.00. The largest absolute Gasteiger partial charge is 0.487 e. The summed E-state index contributed by atoms with van der Waals surface area (Å²) in [5.41, 5.74) is 0.530. The molecule has 1 amide bonds. The number of benzene rings is 1. The van der Waals surface area contributed by atoms with E-state index in [9.17, 15) is 14.9 Å². The van der Waals surface area contributed by atoms with Crippen LogP contribution in [0.3, 0.4) is 0 Å². The van der Waals surface area contributed by atoms with E-state index in [1.807, 2.05) is 13.8 Å². The SMILES string of the molecule is CCCNC(=O)CNc1ccc([N+](=O)[O-])c(OCCC)c1. The molecule has 0 saturated carbocycles. The van der Waals surface area contributed by atoms with E-state index in [-0.39, 0.29) is 23.9 Å². The number of anilines is 1. The summed E-state index contributed by atoms with van der Waals surface area (Å²) >= 11 is 0. The van der Waals surface area contributed by atoms with Crippen molar-refractivity contribution in [3.8, 4) is 5.75 Å². The first-order chi connectivity index (χ1) is 10.1. The number of ether oxygens (including phenoxy) is 1. The van der Waals surface area contributed by atoms with E-state index < -0.39 is 4.92 Å². The van der Waals surface area contributed by atoms with Crippen molar-refractivity contribution in [2.75, 3.05) is 25.0 Å². The summed E-state index contributed by atoms with van der Waals surface area (Å²) in [6.07, 6.45) is 1.63. The molecule has 0 atom stereocenters. The van der Waals surface area contributed by atoms with Crippen LogP contribution in [0, 0.1) is 10.1 Å². The summed E-state index contributed by atoms with van der Waals surface area (Å²) in [6, 6.07) is 4.47. The Balaban J connectivity index is 2.70. The molecular formula is C14H21N3O4. The Bertz CT molecular complexity index is 491. The van der Waals surface area contributed by atoms with Crippen LogP contribution in [0.1, 0.15) is 26.7 Å². The molecule has 0 heterocycles. The Morgan fingerprint density at radius 1 is 1.33 bits per heavy atom. The standard InChI is InChI=1S/C14H21N3O4/c1-3-7-15-14(18)10-16-11-5-6-12(17(19)20)13(9-11)21-8-4-2/h5-6,9,16H,3-4,7-8,10H2,1-2H3,(H,15,18). The monoisotopic (exact) mass is 295 g/mol. The van der Waals surface area contributed by atoms with Crippen LogP contribution in [0.25, 0.3) is 0 Å². The quantitative estimate of drug-likeness (QED) is 0.538. The zero-order valence-corrected chi connectivity index (χ0v) is 12.3. The van der Waals surface area contributed by atoms with E-state index in [2.05, 4.69) is 10.6 Å². The van der Waals surface area contributed by atoms with Crippen LogP contribution < -0.4 is 15.4 Å². The number of nitro benzene ring substituents is 1. The summed E-state index contributed by atoms with van der Waals surface area (Å²) in [6.45, 7) is 5.05. The average Bonchev–Trinajstić information content (AvgIpc) is 2.48. The smallest absolute Gasteiger partial charge is 0.311 e. The fourth-order valence-electron chi connectivity index (χ4n) is 1.61. The maximum absolute atomic E-state index is 11.5. The van der Waals surface area contributed by atoms with Gasteiger partial charge < -0.3 is 15.4 Å². The van der Waals surface area contributed by atoms with Gasteiger partial charge in [0.2, 0.25) is 5.91 Å². The molecule has 1 aromatic rings. The summed E-state index contributed by atoms with van der Waals surface area (Å²) < 4.78 is 5.38. The van der Waals surface area contributed by atoms with Crippen molar-refractivity contribution in [2.24, 2.45) is 0 Å². The van der Waals surface area contributed by atoms with Crippen LogP contribution in [0.2, 0.25) is 0 Å². The normalized spacial score (nSPS) is 10.0. The van der Waals surface area contributed by atoms with Crippen molar-refractivity contribution in [1.29, 1.82) is 0 Å². The second-order valence-electron chi connectivity index (χ2n) is 4.49. The molecule has 0 aliphatic rings. The molecule has 7 heteroatoms. The van der Waals surface area contributed by atoms with Gasteiger partial charge in [0, 0.05) is 24.4 Å². The van der Waals surface area contributed by atoms with Gasteiger partial charge in [0.05, 0.1) is 18.1 Å². The first-order valence-electron chi connectivity index (χ1n) is 7.00. The van der Waals surface area contributed by atoms with Gasteiger partial charge in [0.25, 0.3) is 0 Å². The Labute approximate surface area is 123 Å². The summed E-state index contributed by atoms with van der Waals surface area (Å²) in [5, 5.41) is 16.6. The summed E-state index contributed by atoms with van der Waals surface area (Å²) in [7, 11) is 0. The third kappa shape index (κ3) is 5.68. The molecule has 0 saturated heterocycles. The van der Waals surface area contributed by atoms with Crippen LogP contribution in [-0.2, 0) is 4.79 Å². The van der Waals surface area contributed by atoms with Gasteiger partial charge in [-0.15, -0.1) is 0 Å². The maximum Gasteiger partial charge on any atom is 0.311 e. The molecule has 2 N–H and O–H groups in total. The number of carbonyl (C=O) groups excluding carboxylic acids is 1. The molecule has 0 aromatic heterocycles. The second-order valence-corrected chi connectivity index (χ2v) is 4.49. The van der Waals surface area contributed by atoms with Gasteiger partial charge in [-0.25, -0.2) is 0 Å². The molecule has 0 unspecified atom stereocenters. The molecule has 0 aliphatic heterocycles. The zero-order chi connectivity index (χ0) is 15.7. The fourth-order valence-corrected chi connectivity index (χ4v) is 1.61. The lowest BCUT2D eigenvalue weighted by atomic mass is 10.2. The number of hydrogen-bond donors (Lipinski definition) is 2. The van der Waals surface area contributed by atoms with E-state index in [0.29, 0.717) is 18.8 Å². The minimum Gasteiger partial charge on any atom is -0.487 e. The molecule has 21 heavy (non-hydrogen) atoms. The highest BCUT2D eigenvalue weighted by atomic mass is 16.6. The zero-order valence-electron chi connectivity index (χ0n) is 12.3. The second kappa shape index (κ2) is 8.78. The Morgan fingerprint density at radius 3 is 2.71 bits per heavy atom. The maximum atomic E-state index is 11.5. The fraction of sp³-hybridized carbons (Fsp3) is 0.500. The number of nitrogens with zero attached hydrogens (tertiary/aromatic N) is 1. The topological polar surface area (TPSA) is 93.5 Å². The predicted octanol–water partition coefficient (Wildman–Crippen LogP) is 2.32. The van der Waals surface area contributed by atoms with E-state index >= 15 is 0 Å². The Hall–Kier alpha value is -2.31. The lowest BCUT2D eigenvalue weighted by Crippen LogP contribution is -2.30. The van der Waals surface area contributed by atoms with Crippen molar-refractivity contribution in [1.82, 2.24) is 5.32 Å². The number of amides is 1. The summed E-state index contributed by atoms with van der Waals surface area (Å²) in [4.78, 5) is 21.9. The van der Waals surface area contributed by atoms with Crippen molar-refractivity contribution in [2.45, 2.75) is 26.7 Å². The molecular weight excluding hydrogens is 274 g/mol. The van der Waals surface area contributed by atoms with Gasteiger partial charge >= 0.3 is 5.69 Å². The molecule has 0 radical (unpaired) electrons. The molecule has 116 valence electrons.